The van der Waals surface area contributed by atoms with Gasteiger partial charge in [0.1, 0.15) is 0 Å². The lowest BCUT2D eigenvalue weighted by Crippen LogP contribution is -2.28. The molecule has 0 aromatic heterocycles. The largest absolute Gasteiger partial charge is 0.393 e. The number of hydrogen-bond acceptors (Lipinski definition) is 4. The summed E-state index contributed by atoms with van der Waals surface area (Å²) in [6.45, 7) is 0. The number of aliphatic hydroxyl groups excluding tert-OH is 4. The zero-order valence-electron chi connectivity index (χ0n) is 9.76. The van der Waals surface area contributed by atoms with Gasteiger partial charge in [-0.25, -0.2) is 0 Å². The highest BCUT2D eigenvalue weighted by Crippen LogP contribution is 2.18. The molecular formula is C12H24O4. The first kappa shape index (κ1) is 13.9. The van der Waals surface area contributed by atoms with Crippen molar-refractivity contribution in [1.82, 2.24) is 0 Å². The summed E-state index contributed by atoms with van der Waals surface area (Å²) in [5.41, 5.74) is 0. The summed E-state index contributed by atoms with van der Waals surface area (Å²) in [4.78, 5) is 0. The molecule has 2 aliphatic rings. The molecule has 0 aromatic carbocycles. The minimum atomic E-state index is -0.441. The van der Waals surface area contributed by atoms with Crippen LogP contribution in [0.3, 0.4) is 0 Å². The van der Waals surface area contributed by atoms with E-state index in [4.69, 9.17) is 20.4 Å². The Morgan fingerprint density at radius 3 is 1.06 bits per heavy atom. The van der Waals surface area contributed by atoms with Gasteiger partial charge in [-0.3, -0.25) is 0 Å². The Balaban J connectivity index is 0.000000160. The average Bonchev–Trinajstić information content (AvgIpc) is 2.28. The zero-order chi connectivity index (χ0) is 12.0. The summed E-state index contributed by atoms with van der Waals surface area (Å²) in [6, 6.07) is 0. The fourth-order valence-electron chi connectivity index (χ4n) is 2.15. The predicted molar refractivity (Wildman–Crippen MR) is 61.0 cm³/mol. The molecule has 2 rings (SSSR count). The molecule has 2 atom stereocenters. The van der Waals surface area contributed by atoms with Crippen LogP contribution in [-0.4, -0.2) is 44.8 Å². The molecule has 2 fully saturated rings. The van der Waals surface area contributed by atoms with Crippen LogP contribution in [0.4, 0.5) is 0 Å². The Morgan fingerprint density at radius 1 is 0.500 bits per heavy atom. The van der Waals surface area contributed by atoms with Crippen molar-refractivity contribution in [1.29, 1.82) is 0 Å². The number of rotatable bonds is 0. The maximum absolute atomic E-state index is 8.93. The Labute approximate surface area is 96.9 Å². The lowest BCUT2D eigenvalue weighted by atomic mass is 9.95. The minimum Gasteiger partial charge on any atom is -0.393 e. The predicted octanol–water partition coefficient (Wildman–Crippen LogP) is 0.564. The van der Waals surface area contributed by atoms with Crippen molar-refractivity contribution in [3.05, 3.63) is 0 Å². The second kappa shape index (κ2) is 7.22. The normalized spacial score (nSPS) is 39.8. The molecule has 96 valence electrons. The van der Waals surface area contributed by atoms with Gasteiger partial charge in [-0.15, -0.1) is 0 Å². The van der Waals surface area contributed by atoms with Gasteiger partial charge < -0.3 is 20.4 Å². The molecule has 2 saturated carbocycles. The van der Waals surface area contributed by atoms with Crippen LogP contribution >= 0.6 is 0 Å². The summed E-state index contributed by atoms with van der Waals surface area (Å²) in [7, 11) is 0. The van der Waals surface area contributed by atoms with Crippen LogP contribution in [0.2, 0.25) is 0 Å². The first-order valence-electron chi connectivity index (χ1n) is 6.32. The fraction of sp³-hybridized carbons (Fsp3) is 1.00. The molecule has 16 heavy (non-hydrogen) atoms. The van der Waals surface area contributed by atoms with Gasteiger partial charge in [0.2, 0.25) is 0 Å². The average molecular weight is 232 g/mol. The van der Waals surface area contributed by atoms with E-state index in [9.17, 15) is 0 Å². The lowest BCUT2D eigenvalue weighted by Gasteiger charge is -2.22. The smallest absolute Gasteiger partial charge is 0.0799 e. The van der Waals surface area contributed by atoms with Gasteiger partial charge in [0.25, 0.3) is 0 Å². The maximum atomic E-state index is 8.93. The molecular weight excluding hydrogens is 208 g/mol. The topological polar surface area (TPSA) is 80.9 Å². The van der Waals surface area contributed by atoms with E-state index >= 15 is 0 Å². The first-order valence-corrected chi connectivity index (χ1v) is 6.32. The Kier molecular flexibility index (Phi) is 6.28. The molecule has 0 aliphatic heterocycles. The molecule has 4 nitrogen and oxygen atoms in total. The molecule has 0 saturated heterocycles. The summed E-state index contributed by atoms with van der Waals surface area (Å²) in [6.07, 6.45) is 5.65. The van der Waals surface area contributed by atoms with E-state index in [0.717, 1.165) is 51.4 Å². The van der Waals surface area contributed by atoms with Crippen LogP contribution in [0, 0.1) is 0 Å². The highest BCUT2D eigenvalue weighted by atomic mass is 16.3. The van der Waals surface area contributed by atoms with Crippen molar-refractivity contribution in [2.45, 2.75) is 75.8 Å². The molecule has 0 amide bonds. The van der Waals surface area contributed by atoms with Crippen LogP contribution in [0.5, 0.6) is 0 Å². The van der Waals surface area contributed by atoms with Crippen molar-refractivity contribution in [3.8, 4) is 0 Å². The standard InChI is InChI=1S/2C6H12O2/c7-5-1-2-6(8)4-3-5;7-5-3-1-2-4-6(5)8/h2*5-8H,1-4H2. The van der Waals surface area contributed by atoms with E-state index in [-0.39, 0.29) is 12.2 Å². The first-order chi connectivity index (χ1) is 7.59. The van der Waals surface area contributed by atoms with Gasteiger partial charge in [-0.2, -0.15) is 0 Å². The van der Waals surface area contributed by atoms with Gasteiger partial charge in [0.15, 0.2) is 0 Å². The van der Waals surface area contributed by atoms with Crippen LogP contribution < -0.4 is 0 Å². The Bertz CT molecular complexity index is 158. The molecule has 4 N–H and O–H groups in total. The van der Waals surface area contributed by atoms with Crippen LogP contribution in [0.15, 0.2) is 0 Å². The lowest BCUT2D eigenvalue weighted by molar-refractivity contribution is -0.00865. The molecule has 0 radical (unpaired) electrons. The van der Waals surface area contributed by atoms with Gasteiger partial charge in [0.05, 0.1) is 24.4 Å². The highest BCUT2D eigenvalue weighted by Gasteiger charge is 2.19. The summed E-state index contributed by atoms with van der Waals surface area (Å²) < 4.78 is 0. The third-order valence-corrected chi connectivity index (χ3v) is 3.36. The number of hydrogen-bond donors (Lipinski definition) is 4. The van der Waals surface area contributed by atoms with Crippen LogP contribution in [0.25, 0.3) is 0 Å². The zero-order valence-corrected chi connectivity index (χ0v) is 9.76. The fourth-order valence-corrected chi connectivity index (χ4v) is 2.15. The second-order valence-electron chi connectivity index (χ2n) is 4.88. The van der Waals surface area contributed by atoms with Crippen molar-refractivity contribution in [2.24, 2.45) is 0 Å². The van der Waals surface area contributed by atoms with E-state index in [1.54, 1.807) is 0 Å². The van der Waals surface area contributed by atoms with E-state index in [0.29, 0.717) is 0 Å². The summed E-state index contributed by atoms with van der Waals surface area (Å²) in [5, 5.41) is 35.7. The highest BCUT2D eigenvalue weighted by molar-refractivity contribution is 4.72. The van der Waals surface area contributed by atoms with E-state index in [1.807, 2.05) is 0 Å². The van der Waals surface area contributed by atoms with Crippen molar-refractivity contribution >= 4 is 0 Å². The summed E-state index contributed by atoms with van der Waals surface area (Å²) >= 11 is 0. The van der Waals surface area contributed by atoms with Gasteiger partial charge in [0, 0.05) is 0 Å². The molecule has 0 bridgehead atoms. The SMILES string of the molecule is OC1CCC(O)CC1.OC1CCCCC1O. The van der Waals surface area contributed by atoms with Crippen LogP contribution in [0.1, 0.15) is 51.4 Å². The van der Waals surface area contributed by atoms with Gasteiger partial charge in [-0.05, 0) is 38.5 Å². The van der Waals surface area contributed by atoms with E-state index in [2.05, 4.69) is 0 Å². The molecule has 0 spiro atoms. The van der Waals surface area contributed by atoms with Crippen LogP contribution in [-0.2, 0) is 0 Å². The van der Waals surface area contributed by atoms with E-state index < -0.39 is 12.2 Å². The maximum Gasteiger partial charge on any atom is 0.0799 e. The van der Waals surface area contributed by atoms with Gasteiger partial charge in [-0.1, -0.05) is 12.8 Å². The Morgan fingerprint density at radius 2 is 0.812 bits per heavy atom. The monoisotopic (exact) mass is 232 g/mol. The quantitative estimate of drug-likeness (QED) is 0.492. The van der Waals surface area contributed by atoms with Gasteiger partial charge >= 0.3 is 0 Å². The molecule has 2 aliphatic carbocycles. The van der Waals surface area contributed by atoms with Crippen molar-refractivity contribution < 1.29 is 20.4 Å². The third-order valence-electron chi connectivity index (χ3n) is 3.36. The second-order valence-corrected chi connectivity index (χ2v) is 4.88. The third kappa shape index (κ3) is 5.25. The number of aliphatic hydroxyl groups is 4. The molecule has 0 aromatic rings. The molecule has 4 heteroatoms. The minimum absolute atomic E-state index is 0.140. The van der Waals surface area contributed by atoms with Crippen molar-refractivity contribution in [2.75, 3.05) is 0 Å². The molecule has 2 unspecified atom stereocenters. The van der Waals surface area contributed by atoms with Crippen molar-refractivity contribution in [3.63, 3.8) is 0 Å². The Hall–Kier alpha value is -0.160. The summed E-state index contributed by atoms with van der Waals surface area (Å²) in [5.74, 6) is 0. The molecule has 0 heterocycles. The van der Waals surface area contributed by atoms with E-state index in [1.165, 1.54) is 0 Å².